The van der Waals surface area contributed by atoms with E-state index in [9.17, 15) is 4.79 Å². The van der Waals surface area contributed by atoms with Gasteiger partial charge in [-0.15, -0.1) is 0 Å². The van der Waals surface area contributed by atoms with E-state index in [2.05, 4.69) is 22.5 Å². The summed E-state index contributed by atoms with van der Waals surface area (Å²) in [7, 11) is 0. The maximum atomic E-state index is 12.4. The van der Waals surface area contributed by atoms with Gasteiger partial charge in [0.05, 0.1) is 23.6 Å². The first-order valence-corrected chi connectivity index (χ1v) is 9.03. The Hall–Kier alpha value is -2.59. The molecule has 0 radical (unpaired) electrons. The molecule has 0 spiro atoms. The van der Waals surface area contributed by atoms with Crippen molar-refractivity contribution >= 4 is 23.2 Å². The van der Waals surface area contributed by atoms with E-state index in [-0.39, 0.29) is 5.91 Å². The minimum absolute atomic E-state index is 0.00888. The monoisotopic (exact) mass is 367 g/mol. The molecule has 0 bridgehead atoms. The molecule has 3 rings (SSSR count). The molecule has 0 aliphatic heterocycles. The molecule has 5 heteroatoms. The van der Waals surface area contributed by atoms with Crippen molar-refractivity contribution in [3.63, 3.8) is 0 Å². The number of aromatic nitrogens is 2. The predicted molar refractivity (Wildman–Crippen MR) is 106 cm³/mol. The van der Waals surface area contributed by atoms with Gasteiger partial charge in [-0.25, -0.2) is 0 Å². The van der Waals surface area contributed by atoms with Gasteiger partial charge in [0.1, 0.15) is 0 Å². The summed E-state index contributed by atoms with van der Waals surface area (Å²) >= 11 is 5.89. The Kier molecular flexibility index (Phi) is 5.74. The van der Waals surface area contributed by atoms with Crippen LogP contribution in [-0.2, 0) is 17.8 Å². The Bertz CT molecular complexity index is 886. The van der Waals surface area contributed by atoms with Crippen molar-refractivity contribution in [2.24, 2.45) is 0 Å². The largest absolute Gasteiger partial charge is 0.323 e. The number of hydrogen-bond acceptors (Lipinski definition) is 2. The van der Waals surface area contributed by atoms with Crippen LogP contribution in [-0.4, -0.2) is 15.7 Å². The highest BCUT2D eigenvalue weighted by atomic mass is 35.5. The van der Waals surface area contributed by atoms with Crippen molar-refractivity contribution in [3.05, 3.63) is 82.1 Å². The molecule has 1 N–H and O–H groups in total. The van der Waals surface area contributed by atoms with Crippen molar-refractivity contribution < 1.29 is 4.79 Å². The lowest BCUT2D eigenvalue weighted by molar-refractivity contribution is -0.116. The molecule has 0 saturated heterocycles. The van der Waals surface area contributed by atoms with Gasteiger partial charge in [0, 0.05) is 11.4 Å². The highest BCUT2D eigenvalue weighted by Crippen LogP contribution is 2.21. The molecule has 1 amide bonds. The Morgan fingerprint density at radius 2 is 1.73 bits per heavy atom. The number of halogens is 1. The molecular formula is C21H22ClN3O. The number of aryl methyl sites for hydroxylation is 2. The van der Waals surface area contributed by atoms with Crippen LogP contribution in [0.5, 0.6) is 0 Å². The number of nitrogens with one attached hydrogen (secondary N) is 1. The SMILES string of the molecule is Cc1nn(Cc2ccccc2)c(C)c1NC(=O)CCc1ccc(Cl)cc1. The quantitative estimate of drug-likeness (QED) is 0.682. The van der Waals surface area contributed by atoms with E-state index in [1.807, 2.05) is 61.0 Å². The second-order valence-electron chi connectivity index (χ2n) is 6.36. The smallest absolute Gasteiger partial charge is 0.224 e. The summed E-state index contributed by atoms with van der Waals surface area (Å²) in [6.45, 7) is 4.59. The third kappa shape index (κ3) is 4.52. The fraction of sp³-hybridized carbons (Fsp3) is 0.238. The van der Waals surface area contributed by atoms with Crippen LogP contribution >= 0.6 is 11.6 Å². The molecule has 4 nitrogen and oxygen atoms in total. The minimum Gasteiger partial charge on any atom is -0.323 e. The first-order chi connectivity index (χ1) is 12.5. The van der Waals surface area contributed by atoms with E-state index < -0.39 is 0 Å². The molecule has 0 aliphatic rings. The van der Waals surface area contributed by atoms with Crippen LogP contribution in [0.25, 0.3) is 0 Å². The molecule has 1 heterocycles. The number of hydrogen-bond donors (Lipinski definition) is 1. The van der Waals surface area contributed by atoms with Crippen molar-refractivity contribution in [1.29, 1.82) is 0 Å². The zero-order valence-electron chi connectivity index (χ0n) is 15.0. The zero-order chi connectivity index (χ0) is 18.5. The van der Waals surface area contributed by atoms with Crippen LogP contribution in [0.3, 0.4) is 0 Å². The Morgan fingerprint density at radius 3 is 2.42 bits per heavy atom. The summed E-state index contributed by atoms with van der Waals surface area (Å²) in [5.41, 5.74) is 4.88. The zero-order valence-corrected chi connectivity index (χ0v) is 15.8. The molecule has 26 heavy (non-hydrogen) atoms. The second-order valence-corrected chi connectivity index (χ2v) is 6.80. The average molecular weight is 368 g/mol. The first-order valence-electron chi connectivity index (χ1n) is 8.65. The fourth-order valence-corrected chi connectivity index (χ4v) is 3.02. The minimum atomic E-state index is -0.00888. The van der Waals surface area contributed by atoms with Gasteiger partial charge in [-0.1, -0.05) is 54.1 Å². The van der Waals surface area contributed by atoms with Crippen molar-refractivity contribution in [1.82, 2.24) is 9.78 Å². The Balaban J connectivity index is 1.63. The van der Waals surface area contributed by atoms with Crippen molar-refractivity contribution in [3.8, 4) is 0 Å². The Morgan fingerprint density at radius 1 is 1.04 bits per heavy atom. The molecule has 0 saturated carbocycles. The highest BCUT2D eigenvalue weighted by Gasteiger charge is 2.14. The van der Waals surface area contributed by atoms with Crippen molar-refractivity contribution in [2.45, 2.75) is 33.2 Å². The van der Waals surface area contributed by atoms with Crippen LogP contribution in [0.4, 0.5) is 5.69 Å². The fourth-order valence-electron chi connectivity index (χ4n) is 2.90. The molecule has 0 unspecified atom stereocenters. The van der Waals surface area contributed by atoms with Gasteiger partial charge in [-0.3, -0.25) is 9.48 Å². The summed E-state index contributed by atoms with van der Waals surface area (Å²) in [6, 6.07) is 17.8. The van der Waals surface area contributed by atoms with E-state index in [4.69, 9.17) is 11.6 Å². The van der Waals surface area contributed by atoms with Crippen molar-refractivity contribution in [2.75, 3.05) is 5.32 Å². The topological polar surface area (TPSA) is 46.9 Å². The van der Waals surface area contributed by atoms with Crippen LogP contribution in [0.2, 0.25) is 5.02 Å². The number of rotatable bonds is 6. The van der Waals surface area contributed by atoms with E-state index in [1.165, 1.54) is 5.56 Å². The van der Waals surface area contributed by atoms with Crippen LogP contribution in [0, 0.1) is 13.8 Å². The third-order valence-electron chi connectivity index (χ3n) is 4.38. The second kappa shape index (κ2) is 8.19. The number of nitrogens with zero attached hydrogens (tertiary/aromatic N) is 2. The first kappa shape index (κ1) is 18.2. The molecule has 2 aromatic carbocycles. The summed E-state index contributed by atoms with van der Waals surface area (Å²) in [4.78, 5) is 12.4. The molecule has 1 aromatic heterocycles. The lowest BCUT2D eigenvalue weighted by Gasteiger charge is -2.08. The third-order valence-corrected chi connectivity index (χ3v) is 4.63. The molecule has 0 aliphatic carbocycles. The number of amides is 1. The Labute approximate surface area is 158 Å². The van der Waals surface area contributed by atoms with Gasteiger partial charge in [0.25, 0.3) is 0 Å². The van der Waals surface area contributed by atoms with Gasteiger partial charge in [-0.05, 0) is 43.5 Å². The summed E-state index contributed by atoms with van der Waals surface area (Å²) in [5, 5.41) is 8.30. The number of anilines is 1. The van der Waals surface area contributed by atoms with Crippen LogP contribution in [0.15, 0.2) is 54.6 Å². The van der Waals surface area contributed by atoms with Gasteiger partial charge in [-0.2, -0.15) is 5.10 Å². The number of carbonyl (C=O) groups excluding carboxylic acids is 1. The molecule has 0 fully saturated rings. The van der Waals surface area contributed by atoms with Gasteiger partial charge >= 0.3 is 0 Å². The number of benzene rings is 2. The molecule has 3 aromatic rings. The van der Waals surface area contributed by atoms with E-state index in [1.54, 1.807) is 0 Å². The van der Waals surface area contributed by atoms with E-state index in [0.717, 1.165) is 22.6 Å². The van der Waals surface area contributed by atoms with Crippen LogP contribution in [0.1, 0.15) is 28.9 Å². The summed E-state index contributed by atoms with van der Waals surface area (Å²) < 4.78 is 1.93. The summed E-state index contributed by atoms with van der Waals surface area (Å²) in [6.07, 6.45) is 1.10. The molecule has 0 atom stereocenters. The molecular weight excluding hydrogens is 346 g/mol. The standard InChI is InChI=1S/C21H22ClN3O/c1-15-21(16(2)25(24-15)14-18-6-4-3-5-7-18)23-20(26)13-10-17-8-11-19(22)12-9-17/h3-9,11-12H,10,13-14H2,1-2H3,(H,23,26). The van der Waals surface area contributed by atoms with Gasteiger partial charge in [0.2, 0.25) is 5.91 Å². The number of carbonyl (C=O) groups is 1. The average Bonchev–Trinajstić information content (AvgIpc) is 2.89. The normalized spacial score (nSPS) is 10.7. The lowest BCUT2D eigenvalue weighted by atomic mass is 10.1. The van der Waals surface area contributed by atoms with E-state index >= 15 is 0 Å². The van der Waals surface area contributed by atoms with E-state index in [0.29, 0.717) is 24.4 Å². The maximum Gasteiger partial charge on any atom is 0.224 e. The van der Waals surface area contributed by atoms with Gasteiger partial charge < -0.3 is 5.32 Å². The van der Waals surface area contributed by atoms with Gasteiger partial charge in [0.15, 0.2) is 0 Å². The highest BCUT2D eigenvalue weighted by molar-refractivity contribution is 6.30. The van der Waals surface area contributed by atoms with Crippen LogP contribution < -0.4 is 5.32 Å². The maximum absolute atomic E-state index is 12.4. The molecule has 134 valence electrons. The predicted octanol–water partition coefficient (Wildman–Crippen LogP) is 4.77. The summed E-state index contributed by atoms with van der Waals surface area (Å²) in [5.74, 6) is -0.00888. The lowest BCUT2D eigenvalue weighted by Crippen LogP contribution is -2.13.